The van der Waals surface area contributed by atoms with Gasteiger partial charge in [-0.05, 0) is 24.1 Å². The SMILES string of the molecule is CC(C)C(=O)NCCc1ccc(C(=O)O)cc1. The Morgan fingerprint density at radius 3 is 2.29 bits per heavy atom. The highest BCUT2D eigenvalue weighted by Gasteiger charge is 2.05. The van der Waals surface area contributed by atoms with Crippen LogP contribution < -0.4 is 5.32 Å². The lowest BCUT2D eigenvalue weighted by atomic mass is 10.1. The lowest BCUT2D eigenvalue weighted by Gasteiger charge is -2.07. The van der Waals surface area contributed by atoms with Crippen LogP contribution in [-0.2, 0) is 11.2 Å². The van der Waals surface area contributed by atoms with Crippen LogP contribution in [0.3, 0.4) is 0 Å². The summed E-state index contributed by atoms with van der Waals surface area (Å²) in [6.45, 7) is 4.26. The molecule has 1 amide bonds. The van der Waals surface area contributed by atoms with Crippen molar-refractivity contribution in [1.82, 2.24) is 5.32 Å². The number of aromatic carboxylic acids is 1. The first-order chi connectivity index (χ1) is 8.00. The van der Waals surface area contributed by atoms with Gasteiger partial charge in [0.05, 0.1) is 5.56 Å². The third-order valence-corrected chi connectivity index (χ3v) is 2.44. The van der Waals surface area contributed by atoms with Crippen molar-refractivity contribution in [2.75, 3.05) is 6.54 Å². The van der Waals surface area contributed by atoms with Gasteiger partial charge in [-0.25, -0.2) is 4.79 Å². The summed E-state index contributed by atoms with van der Waals surface area (Å²) in [5.41, 5.74) is 1.29. The molecular weight excluding hydrogens is 218 g/mol. The van der Waals surface area contributed by atoms with Crippen LogP contribution in [0, 0.1) is 5.92 Å². The van der Waals surface area contributed by atoms with Gasteiger partial charge in [0.25, 0.3) is 0 Å². The Morgan fingerprint density at radius 1 is 1.24 bits per heavy atom. The van der Waals surface area contributed by atoms with Gasteiger partial charge in [0, 0.05) is 12.5 Å². The molecule has 17 heavy (non-hydrogen) atoms. The maximum Gasteiger partial charge on any atom is 0.335 e. The molecule has 0 aliphatic carbocycles. The summed E-state index contributed by atoms with van der Waals surface area (Å²) in [5, 5.41) is 11.5. The third-order valence-electron chi connectivity index (χ3n) is 2.44. The van der Waals surface area contributed by atoms with Crippen molar-refractivity contribution in [3.8, 4) is 0 Å². The highest BCUT2D eigenvalue weighted by Crippen LogP contribution is 2.04. The molecule has 0 saturated heterocycles. The number of hydrogen-bond donors (Lipinski definition) is 2. The van der Waals surface area contributed by atoms with Crippen molar-refractivity contribution in [1.29, 1.82) is 0 Å². The summed E-state index contributed by atoms with van der Waals surface area (Å²) in [6.07, 6.45) is 0.707. The van der Waals surface area contributed by atoms with Crippen molar-refractivity contribution < 1.29 is 14.7 Å². The molecule has 0 unspecified atom stereocenters. The molecule has 0 saturated carbocycles. The van der Waals surface area contributed by atoms with Gasteiger partial charge in [-0.3, -0.25) is 4.79 Å². The molecule has 0 spiro atoms. The Labute approximate surface area is 101 Å². The first-order valence-corrected chi connectivity index (χ1v) is 5.60. The van der Waals surface area contributed by atoms with Crippen molar-refractivity contribution in [3.05, 3.63) is 35.4 Å². The monoisotopic (exact) mass is 235 g/mol. The van der Waals surface area contributed by atoms with E-state index >= 15 is 0 Å². The summed E-state index contributed by atoms with van der Waals surface area (Å²) in [6, 6.07) is 6.68. The number of carboxylic acid groups (broad SMARTS) is 1. The van der Waals surface area contributed by atoms with Crippen LogP contribution in [0.1, 0.15) is 29.8 Å². The third kappa shape index (κ3) is 4.26. The quantitative estimate of drug-likeness (QED) is 0.816. The van der Waals surface area contributed by atoms with E-state index in [1.165, 1.54) is 0 Å². The molecule has 2 N–H and O–H groups in total. The second-order valence-electron chi connectivity index (χ2n) is 4.20. The van der Waals surface area contributed by atoms with Crippen LogP contribution >= 0.6 is 0 Å². The molecule has 0 aliphatic heterocycles. The van der Waals surface area contributed by atoms with Crippen LogP contribution in [0.25, 0.3) is 0 Å². The van der Waals surface area contributed by atoms with Crippen molar-refractivity contribution >= 4 is 11.9 Å². The van der Waals surface area contributed by atoms with Gasteiger partial charge >= 0.3 is 5.97 Å². The highest BCUT2D eigenvalue weighted by molar-refractivity contribution is 5.87. The van der Waals surface area contributed by atoms with Crippen LogP contribution in [0.4, 0.5) is 0 Å². The van der Waals surface area contributed by atoms with E-state index in [9.17, 15) is 9.59 Å². The Morgan fingerprint density at radius 2 is 1.82 bits per heavy atom. The second-order valence-corrected chi connectivity index (χ2v) is 4.20. The van der Waals surface area contributed by atoms with E-state index in [0.717, 1.165) is 5.56 Å². The van der Waals surface area contributed by atoms with Crippen LogP contribution in [-0.4, -0.2) is 23.5 Å². The fraction of sp³-hybridized carbons (Fsp3) is 0.385. The predicted octanol–water partition coefficient (Wildman–Crippen LogP) is 1.70. The molecule has 0 radical (unpaired) electrons. The topological polar surface area (TPSA) is 66.4 Å². The fourth-order valence-electron chi connectivity index (χ4n) is 1.35. The Balaban J connectivity index is 2.42. The van der Waals surface area contributed by atoms with Crippen molar-refractivity contribution in [2.24, 2.45) is 5.92 Å². The molecule has 0 fully saturated rings. The summed E-state index contributed by atoms with van der Waals surface area (Å²) in [7, 11) is 0. The fourth-order valence-corrected chi connectivity index (χ4v) is 1.35. The van der Waals surface area contributed by atoms with Crippen LogP contribution in [0.15, 0.2) is 24.3 Å². The highest BCUT2D eigenvalue weighted by atomic mass is 16.4. The second kappa shape index (κ2) is 6.03. The first-order valence-electron chi connectivity index (χ1n) is 5.60. The molecule has 0 aliphatic rings. The molecule has 1 aromatic rings. The summed E-state index contributed by atoms with van der Waals surface area (Å²) >= 11 is 0. The Kier molecular flexibility index (Phi) is 4.69. The molecular formula is C13H17NO3. The molecule has 0 bridgehead atoms. The Hall–Kier alpha value is -1.84. The molecule has 4 nitrogen and oxygen atoms in total. The lowest BCUT2D eigenvalue weighted by Crippen LogP contribution is -2.29. The van der Waals surface area contributed by atoms with Crippen LogP contribution in [0.5, 0.6) is 0 Å². The zero-order chi connectivity index (χ0) is 12.8. The standard InChI is InChI=1S/C13H17NO3/c1-9(2)12(15)14-8-7-10-3-5-11(6-4-10)13(16)17/h3-6,9H,7-8H2,1-2H3,(H,14,15)(H,16,17). The lowest BCUT2D eigenvalue weighted by molar-refractivity contribution is -0.123. The van der Waals surface area contributed by atoms with E-state index in [0.29, 0.717) is 13.0 Å². The van der Waals surface area contributed by atoms with Gasteiger partial charge in [-0.2, -0.15) is 0 Å². The van der Waals surface area contributed by atoms with Gasteiger partial charge < -0.3 is 10.4 Å². The summed E-state index contributed by atoms with van der Waals surface area (Å²) < 4.78 is 0. The zero-order valence-electron chi connectivity index (χ0n) is 10.1. The molecule has 0 aromatic heterocycles. The van der Waals surface area contributed by atoms with Gasteiger partial charge in [0.1, 0.15) is 0 Å². The number of benzene rings is 1. The average molecular weight is 235 g/mol. The van der Waals surface area contributed by atoms with Gasteiger partial charge in [0.15, 0.2) is 0 Å². The van der Waals surface area contributed by atoms with Gasteiger partial charge in [0.2, 0.25) is 5.91 Å². The number of nitrogens with one attached hydrogen (secondary N) is 1. The minimum atomic E-state index is -0.926. The molecule has 1 rings (SSSR count). The van der Waals surface area contributed by atoms with E-state index in [2.05, 4.69) is 5.32 Å². The number of carbonyl (C=O) groups excluding carboxylic acids is 1. The number of hydrogen-bond acceptors (Lipinski definition) is 2. The normalized spacial score (nSPS) is 10.3. The molecule has 1 aromatic carbocycles. The molecule has 0 heterocycles. The number of rotatable bonds is 5. The minimum absolute atomic E-state index is 0.00983. The van der Waals surface area contributed by atoms with E-state index in [1.807, 2.05) is 13.8 Å². The smallest absolute Gasteiger partial charge is 0.335 e. The number of carboxylic acids is 1. The predicted molar refractivity (Wildman–Crippen MR) is 65.0 cm³/mol. The largest absolute Gasteiger partial charge is 0.478 e. The Bertz CT molecular complexity index is 396. The van der Waals surface area contributed by atoms with Gasteiger partial charge in [-0.15, -0.1) is 0 Å². The zero-order valence-corrected chi connectivity index (χ0v) is 10.1. The van der Waals surface area contributed by atoms with E-state index in [1.54, 1.807) is 24.3 Å². The van der Waals surface area contributed by atoms with E-state index in [-0.39, 0.29) is 17.4 Å². The first kappa shape index (κ1) is 13.2. The molecule has 0 atom stereocenters. The average Bonchev–Trinajstić information content (AvgIpc) is 2.29. The van der Waals surface area contributed by atoms with Crippen LogP contribution in [0.2, 0.25) is 0 Å². The number of amides is 1. The van der Waals surface area contributed by atoms with Crippen molar-refractivity contribution in [2.45, 2.75) is 20.3 Å². The van der Waals surface area contributed by atoms with E-state index in [4.69, 9.17) is 5.11 Å². The maximum atomic E-state index is 11.3. The molecule has 4 heteroatoms. The van der Waals surface area contributed by atoms with Gasteiger partial charge in [-0.1, -0.05) is 26.0 Å². The van der Waals surface area contributed by atoms with E-state index < -0.39 is 5.97 Å². The van der Waals surface area contributed by atoms with Crippen molar-refractivity contribution in [3.63, 3.8) is 0 Å². The molecule has 92 valence electrons. The minimum Gasteiger partial charge on any atom is -0.478 e. The number of carbonyl (C=O) groups is 2. The summed E-state index contributed by atoms with van der Waals surface area (Å²) in [4.78, 5) is 21.9. The maximum absolute atomic E-state index is 11.3. The summed E-state index contributed by atoms with van der Waals surface area (Å²) in [5.74, 6) is -0.902.